The fraction of sp³-hybridized carbons (Fsp3) is 0.308. The highest BCUT2D eigenvalue weighted by Crippen LogP contribution is 2.11. The summed E-state index contributed by atoms with van der Waals surface area (Å²) in [5.41, 5.74) is 2.01. The summed E-state index contributed by atoms with van der Waals surface area (Å²) in [6, 6.07) is 10.3. The number of carbonyl (C=O) groups is 1. The topological polar surface area (TPSA) is 49.3 Å². The highest BCUT2D eigenvalue weighted by atomic mass is 16.4. The van der Waals surface area contributed by atoms with E-state index in [0.29, 0.717) is 6.54 Å². The van der Waals surface area contributed by atoms with Gasteiger partial charge < -0.3 is 10.4 Å². The first-order valence-electron chi connectivity index (χ1n) is 5.28. The Morgan fingerprint density at radius 3 is 2.62 bits per heavy atom. The fourth-order valence-corrected chi connectivity index (χ4v) is 1.44. The summed E-state index contributed by atoms with van der Waals surface area (Å²) in [7, 11) is 0. The van der Waals surface area contributed by atoms with Gasteiger partial charge in [0.1, 0.15) is 0 Å². The van der Waals surface area contributed by atoms with Crippen LogP contribution in [0.3, 0.4) is 0 Å². The van der Waals surface area contributed by atoms with Crippen LogP contribution >= 0.6 is 0 Å². The Morgan fingerprint density at radius 1 is 1.44 bits per heavy atom. The van der Waals surface area contributed by atoms with Crippen LogP contribution in [0.25, 0.3) is 0 Å². The van der Waals surface area contributed by atoms with E-state index < -0.39 is 5.97 Å². The molecule has 0 fully saturated rings. The quantitative estimate of drug-likeness (QED) is 0.747. The van der Waals surface area contributed by atoms with Gasteiger partial charge in [-0.25, -0.2) is 4.79 Å². The lowest BCUT2D eigenvalue weighted by Gasteiger charge is -2.14. The summed E-state index contributed by atoms with van der Waals surface area (Å²) in [4.78, 5) is 10.4. The number of carboxylic acid groups (broad SMARTS) is 1. The predicted octanol–water partition coefficient (Wildman–Crippen LogP) is 2.37. The van der Waals surface area contributed by atoms with Crippen LogP contribution in [0, 0.1) is 0 Å². The Hall–Kier alpha value is -1.61. The summed E-state index contributed by atoms with van der Waals surface area (Å²) in [5.74, 6) is -0.897. The molecule has 0 spiro atoms. The van der Waals surface area contributed by atoms with E-state index in [0.717, 1.165) is 5.57 Å². The molecule has 1 atom stereocenters. The molecule has 0 saturated heterocycles. The summed E-state index contributed by atoms with van der Waals surface area (Å²) >= 11 is 0. The molecule has 0 aliphatic rings. The second kappa shape index (κ2) is 6.08. The first-order chi connectivity index (χ1) is 7.59. The van der Waals surface area contributed by atoms with Crippen LogP contribution in [0.4, 0.5) is 0 Å². The van der Waals surface area contributed by atoms with Crippen molar-refractivity contribution in [2.24, 2.45) is 0 Å². The Bertz CT molecular complexity index is 371. The maximum Gasteiger partial charge on any atom is 0.328 e. The van der Waals surface area contributed by atoms with Crippen molar-refractivity contribution in [3.8, 4) is 0 Å². The molecule has 0 bridgehead atoms. The zero-order valence-electron chi connectivity index (χ0n) is 9.60. The molecule has 1 rings (SSSR count). The highest BCUT2D eigenvalue weighted by molar-refractivity contribution is 5.80. The van der Waals surface area contributed by atoms with E-state index in [4.69, 9.17) is 5.11 Å². The number of aliphatic carboxylic acids is 1. The number of benzene rings is 1. The van der Waals surface area contributed by atoms with E-state index in [1.807, 2.05) is 30.3 Å². The maximum absolute atomic E-state index is 10.4. The minimum absolute atomic E-state index is 0.221. The average Bonchev–Trinajstić information content (AvgIpc) is 2.26. The van der Waals surface area contributed by atoms with Gasteiger partial charge in [-0.15, -0.1) is 0 Å². The Labute approximate surface area is 95.8 Å². The number of rotatable bonds is 5. The average molecular weight is 219 g/mol. The molecule has 16 heavy (non-hydrogen) atoms. The smallest absolute Gasteiger partial charge is 0.328 e. The van der Waals surface area contributed by atoms with E-state index in [2.05, 4.69) is 12.2 Å². The van der Waals surface area contributed by atoms with Crippen molar-refractivity contribution in [1.82, 2.24) is 5.32 Å². The Kier molecular flexibility index (Phi) is 4.73. The van der Waals surface area contributed by atoms with Gasteiger partial charge in [-0.05, 0) is 19.4 Å². The Morgan fingerprint density at radius 2 is 2.06 bits per heavy atom. The molecule has 0 heterocycles. The van der Waals surface area contributed by atoms with Crippen molar-refractivity contribution >= 4 is 5.97 Å². The van der Waals surface area contributed by atoms with Gasteiger partial charge in [0.05, 0.1) is 0 Å². The molecule has 0 amide bonds. The van der Waals surface area contributed by atoms with Crippen molar-refractivity contribution in [3.05, 3.63) is 47.5 Å². The largest absolute Gasteiger partial charge is 0.478 e. The number of carboxylic acids is 1. The normalized spacial score (nSPS) is 13.5. The third-order valence-corrected chi connectivity index (χ3v) is 2.36. The van der Waals surface area contributed by atoms with Gasteiger partial charge in [0, 0.05) is 18.7 Å². The second-order valence-electron chi connectivity index (χ2n) is 3.84. The molecule has 2 N–H and O–H groups in total. The molecule has 3 nitrogen and oxygen atoms in total. The molecular formula is C13H17NO2. The first-order valence-corrected chi connectivity index (χ1v) is 5.28. The van der Waals surface area contributed by atoms with E-state index in [-0.39, 0.29) is 6.04 Å². The van der Waals surface area contributed by atoms with Gasteiger partial charge in [-0.2, -0.15) is 0 Å². The zero-order chi connectivity index (χ0) is 12.0. The molecule has 0 aliphatic carbocycles. The predicted molar refractivity (Wildman–Crippen MR) is 64.3 cm³/mol. The summed E-state index contributed by atoms with van der Waals surface area (Å²) in [6.07, 6.45) is 1.23. The minimum Gasteiger partial charge on any atom is -0.478 e. The number of hydrogen-bond acceptors (Lipinski definition) is 2. The van der Waals surface area contributed by atoms with E-state index in [1.54, 1.807) is 6.92 Å². The monoisotopic (exact) mass is 219 g/mol. The molecule has 1 aromatic carbocycles. The fourth-order valence-electron chi connectivity index (χ4n) is 1.44. The summed E-state index contributed by atoms with van der Waals surface area (Å²) in [5, 5.41) is 11.8. The lowest BCUT2D eigenvalue weighted by Crippen LogP contribution is -2.20. The van der Waals surface area contributed by atoms with Gasteiger partial charge in [0.2, 0.25) is 0 Å². The van der Waals surface area contributed by atoms with Gasteiger partial charge in [-0.1, -0.05) is 35.9 Å². The van der Waals surface area contributed by atoms with Crippen molar-refractivity contribution in [1.29, 1.82) is 0 Å². The molecule has 0 radical (unpaired) electrons. The Balaban J connectivity index is 2.48. The van der Waals surface area contributed by atoms with Gasteiger partial charge >= 0.3 is 5.97 Å². The number of hydrogen-bond donors (Lipinski definition) is 2. The van der Waals surface area contributed by atoms with Gasteiger partial charge in [-0.3, -0.25) is 0 Å². The van der Waals surface area contributed by atoms with Crippen LogP contribution in [0.1, 0.15) is 25.5 Å². The van der Waals surface area contributed by atoms with Crippen LogP contribution < -0.4 is 5.32 Å². The van der Waals surface area contributed by atoms with Crippen LogP contribution in [-0.4, -0.2) is 17.6 Å². The molecule has 3 heteroatoms. The molecule has 0 aliphatic heterocycles. The molecule has 0 saturated carbocycles. The molecule has 86 valence electrons. The van der Waals surface area contributed by atoms with Crippen LogP contribution in [0.2, 0.25) is 0 Å². The molecule has 1 unspecified atom stereocenters. The van der Waals surface area contributed by atoms with Gasteiger partial charge in [0.15, 0.2) is 0 Å². The molecule has 0 aromatic heterocycles. The number of nitrogens with one attached hydrogen (secondary N) is 1. The van der Waals surface area contributed by atoms with Crippen molar-refractivity contribution in [3.63, 3.8) is 0 Å². The van der Waals surface area contributed by atoms with E-state index >= 15 is 0 Å². The maximum atomic E-state index is 10.4. The van der Waals surface area contributed by atoms with Gasteiger partial charge in [0.25, 0.3) is 0 Å². The molecule has 1 aromatic rings. The van der Waals surface area contributed by atoms with Crippen LogP contribution in [0.15, 0.2) is 42.0 Å². The second-order valence-corrected chi connectivity index (χ2v) is 3.84. The molecular weight excluding hydrogens is 202 g/mol. The van der Waals surface area contributed by atoms with E-state index in [1.165, 1.54) is 11.6 Å². The third-order valence-electron chi connectivity index (χ3n) is 2.36. The third kappa shape index (κ3) is 4.28. The van der Waals surface area contributed by atoms with Crippen LogP contribution in [-0.2, 0) is 4.79 Å². The van der Waals surface area contributed by atoms with E-state index in [9.17, 15) is 4.79 Å². The first kappa shape index (κ1) is 12.5. The van der Waals surface area contributed by atoms with Crippen molar-refractivity contribution in [2.45, 2.75) is 19.9 Å². The van der Waals surface area contributed by atoms with Crippen LogP contribution in [0.5, 0.6) is 0 Å². The summed E-state index contributed by atoms with van der Waals surface area (Å²) in [6.45, 7) is 4.45. The van der Waals surface area contributed by atoms with Crippen molar-refractivity contribution in [2.75, 3.05) is 6.54 Å². The highest BCUT2D eigenvalue weighted by Gasteiger charge is 2.03. The standard InChI is InChI=1S/C13H17NO2/c1-10(8-13(15)16)9-14-11(2)12-6-4-3-5-7-12/h3-8,11,14H,9H2,1-2H3,(H,15,16)/b10-8+. The summed E-state index contributed by atoms with van der Waals surface area (Å²) < 4.78 is 0. The lowest BCUT2D eigenvalue weighted by atomic mass is 10.1. The van der Waals surface area contributed by atoms with Crippen molar-refractivity contribution < 1.29 is 9.90 Å². The SMILES string of the molecule is C/C(=C\C(=O)O)CNC(C)c1ccccc1. The lowest BCUT2D eigenvalue weighted by molar-refractivity contribution is -0.131. The zero-order valence-corrected chi connectivity index (χ0v) is 9.60. The minimum atomic E-state index is -0.897.